The Bertz CT molecular complexity index is 497. The normalized spacial score (nSPS) is 10.2. The molecule has 0 heterocycles. The molecule has 0 aliphatic carbocycles. The van der Waals surface area contributed by atoms with Gasteiger partial charge >= 0.3 is 5.97 Å². The second-order valence-electron chi connectivity index (χ2n) is 3.69. The molecule has 0 spiro atoms. The quantitative estimate of drug-likeness (QED) is 0.486. The monoisotopic (exact) mass is 277 g/mol. The lowest BCUT2D eigenvalue weighted by molar-refractivity contribution is -0.135. The van der Waals surface area contributed by atoms with Crippen LogP contribution in [0.5, 0.6) is 0 Å². The predicted octanol–water partition coefficient (Wildman–Crippen LogP) is 1.55. The van der Waals surface area contributed by atoms with Crippen molar-refractivity contribution in [1.82, 2.24) is 10.3 Å². The maximum Gasteiger partial charge on any atom is 0.322 e. The van der Waals surface area contributed by atoms with Crippen molar-refractivity contribution in [2.24, 2.45) is 5.10 Å². The van der Waals surface area contributed by atoms with Crippen LogP contribution in [0.25, 0.3) is 6.08 Å². The lowest BCUT2D eigenvalue weighted by Crippen LogP contribution is -2.36. The van der Waals surface area contributed by atoms with Crippen LogP contribution in [-0.4, -0.2) is 41.0 Å². The van der Waals surface area contributed by atoms with Crippen LogP contribution >= 0.6 is 12.2 Å². The molecule has 0 radical (unpaired) electrons. The van der Waals surface area contributed by atoms with Gasteiger partial charge in [0, 0.05) is 7.05 Å². The van der Waals surface area contributed by atoms with Crippen molar-refractivity contribution >= 4 is 35.6 Å². The predicted molar refractivity (Wildman–Crippen MR) is 80.1 cm³/mol. The van der Waals surface area contributed by atoms with Gasteiger partial charge in [0.15, 0.2) is 5.11 Å². The molecule has 0 unspecified atom stereocenters. The van der Waals surface area contributed by atoms with Crippen molar-refractivity contribution < 1.29 is 9.90 Å². The highest BCUT2D eigenvalue weighted by molar-refractivity contribution is 7.80. The summed E-state index contributed by atoms with van der Waals surface area (Å²) in [5.41, 5.74) is 1.95. The topological polar surface area (TPSA) is 64.9 Å². The number of thiocarbonyl (C=S) groups is 1. The number of nitrogens with zero attached hydrogens (tertiary/aromatic N) is 2. The highest BCUT2D eigenvalue weighted by atomic mass is 32.1. The molecule has 0 aliphatic rings. The molecular weight excluding hydrogens is 262 g/mol. The van der Waals surface area contributed by atoms with Crippen LogP contribution < -0.4 is 5.32 Å². The molecule has 0 amide bonds. The molecule has 0 atom stereocenters. The summed E-state index contributed by atoms with van der Waals surface area (Å²) in [6, 6.07) is 7.66. The summed E-state index contributed by atoms with van der Waals surface area (Å²) in [5.74, 6) is -0.972. The minimum absolute atomic E-state index is 0.229. The van der Waals surface area contributed by atoms with Crippen LogP contribution in [-0.2, 0) is 4.79 Å². The van der Waals surface area contributed by atoms with Gasteiger partial charge in [-0.3, -0.25) is 4.79 Å². The van der Waals surface area contributed by atoms with Gasteiger partial charge < -0.3 is 10.4 Å². The Balaban J connectivity index is 2.56. The standard InChI is InChI=1S/C13H15N3O2S/c1-3-10-4-6-11(7-5-10)8-15-16(2)13(19)14-9-12(17)18/h3-8H,1,9H2,2H3,(H,14,19)(H,17,18). The first-order chi connectivity index (χ1) is 9.02. The molecule has 0 aliphatic heterocycles. The zero-order chi connectivity index (χ0) is 14.3. The second-order valence-corrected chi connectivity index (χ2v) is 4.08. The van der Waals surface area contributed by atoms with Gasteiger partial charge in [-0.1, -0.05) is 36.9 Å². The SMILES string of the molecule is C=Cc1ccc(C=NN(C)C(=S)NCC(=O)O)cc1. The van der Waals surface area contributed by atoms with E-state index in [1.165, 1.54) is 5.01 Å². The van der Waals surface area contributed by atoms with Crippen LogP contribution in [0.2, 0.25) is 0 Å². The number of carboxylic acids is 1. The third-order valence-corrected chi connectivity index (χ3v) is 2.65. The van der Waals surface area contributed by atoms with Crippen molar-refractivity contribution in [3.05, 3.63) is 42.0 Å². The molecule has 0 saturated carbocycles. The highest BCUT2D eigenvalue weighted by Crippen LogP contribution is 2.03. The summed E-state index contributed by atoms with van der Waals surface area (Å²) in [6.45, 7) is 3.45. The summed E-state index contributed by atoms with van der Waals surface area (Å²) >= 11 is 4.97. The first kappa shape index (κ1) is 14.8. The number of carboxylic acid groups (broad SMARTS) is 1. The summed E-state index contributed by atoms with van der Waals surface area (Å²) in [7, 11) is 1.64. The van der Waals surface area contributed by atoms with Gasteiger partial charge in [0.05, 0.1) is 6.21 Å². The molecule has 1 aromatic rings. The van der Waals surface area contributed by atoms with Gasteiger partial charge in [-0.25, -0.2) is 5.01 Å². The van der Waals surface area contributed by atoms with Crippen molar-refractivity contribution in [3.63, 3.8) is 0 Å². The average molecular weight is 277 g/mol. The van der Waals surface area contributed by atoms with E-state index in [0.29, 0.717) is 0 Å². The van der Waals surface area contributed by atoms with Crippen molar-refractivity contribution in [2.75, 3.05) is 13.6 Å². The lowest BCUT2D eigenvalue weighted by atomic mass is 10.1. The molecular formula is C13H15N3O2S. The summed E-state index contributed by atoms with van der Waals surface area (Å²) in [6.07, 6.45) is 3.40. The summed E-state index contributed by atoms with van der Waals surface area (Å²) in [5, 5.41) is 16.8. The molecule has 1 aromatic carbocycles. The fraction of sp³-hybridized carbons (Fsp3) is 0.154. The third kappa shape index (κ3) is 5.31. The average Bonchev–Trinajstić information content (AvgIpc) is 2.42. The number of aliphatic carboxylic acids is 1. The molecule has 2 N–H and O–H groups in total. The first-order valence-corrected chi connectivity index (χ1v) is 5.93. The van der Waals surface area contributed by atoms with E-state index in [9.17, 15) is 4.79 Å². The van der Waals surface area contributed by atoms with Gasteiger partial charge in [-0.2, -0.15) is 5.10 Å². The number of hydrazone groups is 1. The van der Waals surface area contributed by atoms with Crippen LogP contribution in [0, 0.1) is 0 Å². The number of nitrogens with one attached hydrogen (secondary N) is 1. The van der Waals surface area contributed by atoms with Crippen LogP contribution in [0.1, 0.15) is 11.1 Å². The maximum absolute atomic E-state index is 10.4. The second kappa shape index (κ2) is 7.27. The van der Waals surface area contributed by atoms with Gasteiger partial charge in [0.25, 0.3) is 0 Å². The van der Waals surface area contributed by atoms with E-state index in [1.54, 1.807) is 19.3 Å². The Hall–Kier alpha value is -2.21. The van der Waals surface area contributed by atoms with E-state index in [2.05, 4.69) is 17.0 Å². The van der Waals surface area contributed by atoms with Crippen molar-refractivity contribution in [1.29, 1.82) is 0 Å². The molecule has 0 fully saturated rings. The first-order valence-electron chi connectivity index (χ1n) is 5.52. The van der Waals surface area contributed by atoms with E-state index < -0.39 is 5.97 Å². The molecule has 5 nitrogen and oxygen atoms in total. The van der Waals surface area contributed by atoms with E-state index in [1.807, 2.05) is 24.3 Å². The van der Waals surface area contributed by atoms with Crippen LogP contribution in [0.4, 0.5) is 0 Å². The van der Waals surface area contributed by atoms with Gasteiger partial charge in [-0.05, 0) is 23.3 Å². The van der Waals surface area contributed by atoms with E-state index >= 15 is 0 Å². The van der Waals surface area contributed by atoms with E-state index in [-0.39, 0.29) is 11.7 Å². The number of rotatable bonds is 5. The fourth-order valence-corrected chi connectivity index (χ4v) is 1.31. The number of carbonyl (C=O) groups is 1. The third-order valence-electron chi connectivity index (χ3n) is 2.24. The van der Waals surface area contributed by atoms with Crippen molar-refractivity contribution in [3.8, 4) is 0 Å². The van der Waals surface area contributed by atoms with Crippen LogP contribution in [0.15, 0.2) is 35.9 Å². The lowest BCUT2D eigenvalue weighted by Gasteiger charge is -2.14. The number of benzene rings is 1. The van der Waals surface area contributed by atoms with Crippen LogP contribution in [0.3, 0.4) is 0 Å². The van der Waals surface area contributed by atoms with Gasteiger partial charge in [0.2, 0.25) is 0 Å². The smallest absolute Gasteiger partial charge is 0.322 e. The summed E-state index contributed by atoms with van der Waals surface area (Å²) in [4.78, 5) is 10.4. The van der Waals surface area contributed by atoms with E-state index in [0.717, 1.165) is 11.1 Å². The Morgan fingerprint density at radius 3 is 2.58 bits per heavy atom. The zero-order valence-corrected chi connectivity index (χ0v) is 11.4. The largest absolute Gasteiger partial charge is 0.480 e. The molecule has 1 rings (SSSR count). The zero-order valence-electron chi connectivity index (χ0n) is 10.5. The highest BCUT2D eigenvalue weighted by Gasteiger charge is 2.03. The molecule has 0 saturated heterocycles. The number of hydrogen-bond acceptors (Lipinski definition) is 3. The van der Waals surface area contributed by atoms with Gasteiger partial charge in [0.1, 0.15) is 6.54 Å². The Kier molecular flexibility index (Phi) is 5.69. The molecule has 6 heteroatoms. The Labute approximate surface area is 117 Å². The molecule has 19 heavy (non-hydrogen) atoms. The Morgan fingerprint density at radius 2 is 2.05 bits per heavy atom. The summed E-state index contributed by atoms with van der Waals surface area (Å²) < 4.78 is 0. The maximum atomic E-state index is 10.4. The Morgan fingerprint density at radius 1 is 1.47 bits per heavy atom. The minimum Gasteiger partial charge on any atom is -0.480 e. The fourth-order valence-electron chi connectivity index (χ4n) is 1.19. The molecule has 0 bridgehead atoms. The van der Waals surface area contributed by atoms with E-state index in [4.69, 9.17) is 17.3 Å². The minimum atomic E-state index is -0.972. The number of hydrogen-bond donors (Lipinski definition) is 2. The van der Waals surface area contributed by atoms with Gasteiger partial charge in [-0.15, -0.1) is 0 Å². The molecule has 100 valence electrons. The molecule has 0 aromatic heterocycles. The van der Waals surface area contributed by atoms with Crippen molar-refractivity contribution in [2.45, 2.75) is 0 Å².